The van der Waals surface area contributed by atoms with Crippen LogP contribution < -0.4 is 0 Å². The van der Waals surface area contributed by atoms with E-state index >= 15 is 0 Å². The maximum atomic E-state index is 11.5. The Balaban J connectivity index is 2.82. The molecule has 15 heavy (non-hydrogen) atoms. The molecule has 0 aromatic heterocycles. The Morgan fingerprint density at radius 1 is 1.33 bits per heavy atom. The van der Waals surface area contributed by atoms with Crippen LogP contribution in [0.4, 0.5) is 0 Å². The highest BCUT2D eigenvalue weighted by Crippen LogP contribution is 2.09. The lowest BCUT2D eigenvalue weighted by Crippen LogP contribution is -2.03. The number of carboxylic acids is 1. The van der Waals surface area contributed by atoms with Crippen molar-refractivity contribution in [3.8, 4) is 0 Å². The second-order valence-corrected chi connectivity index (χ2v) is 3.51. The molecule has 0 amide bonds. The normalized spacial score (nSPS) is 9.93. The number of aliphatic carboxylic acids is 1. The number of ketones is 1. The number of hydrogen-bond acceptors (Lipinski definition) is 2. The van der Waals surface area contributed by atoms with Crippen LogP contribution in [0.3, 0.4) is 0 Å². The van der Waals surface area contributed by atoms with Gasteiger partial charge in [-0.2, -0.15) is 0 Å². The van der Waals surface area contributed by atoms with Crippen molar-refractivity contribution in [3.05, 3.63) is 35.4 Å². The number of carbonyl (C=O) groups excluding carboxylic acids is 1. The Hall–Kier alpha value is -1.35. The number of alkyl halides is 1. The third-order valence-electron chi connectivity index (χ3n) is 1.93. The largest absolute Gasteiger partial charge is 0.481 e. The molecule has 0 radical (unpaired) electrons. The predicted molar refractivity (Wildman–Crippen MR) is 57.4 cm³/mol. The molecule has 1 rings (SSSR count). The SMILES string of the molecule is O=C(O)Cc1cccc(C(=O)CCCl)c1. The molecular formula is C11H11ClO3. The van der Waals surface area contributed by atoms with Crippen LogP contribution in [0.15, 0.2) is 24.3 Å². The fourth-order valence-electron chi connectivity index (χ4n) is 1.26. The standard InChI is InChI=1S/C11H11ClO3/c12-5-4-10(13)9-3-1-2-8(6-9)7-11(14)15/h1-3,6H,4-5,7H2,(H,14,15). The van der Waals surface area contributed by atoms with Crippen molar-refractivity contribution in [3.63, 3.8) is 0 Å². The van der Waals surface area contributed by atoms with E-state index in [1.807, 2.05) is 0 Å². The summed E-state index contributed by atoms with van der Waals surface area (Å²) in [5, 5.41) is 8.59. The van der Waals surface area contributed by atoms with Gasteiger partial charge < -0.3 is 5.11 Å². The van der Waals surface area contributed by atoms with Gasteiger partial charge in [-0.3, -0.25) is 9.59 Å². The highest BCUT2D eigenvalue weighted by atomic mass is 35.5. The van der Waals surface area contributed by atoms with Gasteiger partial charge in [0.25, 0.3) is 0 Å². The monoisotopic (exact) mass is 226 g/mol. The first-order valence-corrected chi connectivity index (χ1v) is 5.07. The van der Waals surface area contributed by atoms with Crippen LogP contribution in [0.2, 0.25) is 0 Å². The number of Topliss-reactive ketones (excluding diaryl/α,β-unsaturated/α-hetero) is 1. The van der Waals surface area contributed by atoms with Crippen LogP contribution in [-0.2, 0) is 11.2 Å². The average molecular weight is 227 g/mol. The Labute approximate surface area is 92.7 Å². The van der Waals surface area contributed by atoms with Crippen LogP contribution in [-0.4, -0.2) is 22.7 Å². The molecule has 1 aromatic carbocycles. The van der Waals surface area contributed by atoms with Crippen LogP contribution in [0.5, 0.6) is 0 Å². The van der Waals surface area contributed by atoms with E-state index in [1.165, 1.54) is 0 Å². The van der Waals surface area contributed by atoms with Gasteiger partial charge in [-0.05, 0) is 11.6 Å². The van der Waals surface area contributed by atoms with Crippen molar-refractivity contribution in [2.45, 2.75) is 12.8 Å². The van der Waals surface area contributed by atoms with Crippen molar-refractivity contribution in [1.29, 1.82) is 0 Å². The number of carboxylic acid groups (broad SMARTS) is 1. The number of carbonyl (C=O) groups is 2. The minimum atomic E-state index is -0.906. The Kier molecular flexibility index (Phi) is 4.31. The fraction of sp³-hybridized carbons (Fsp3) is 0.273. The van der Waals surface area contributed by atoms with Crippen LogP contribution in [0.25, 0.3) is 0 Å². The van der Waals surface area contributed by atoms with Gasteiger partial charge >= 0.3 is 5.97 Å². The zero-order valence-corrected chi connectivity index (χ0v) is 8.83. The quantitative estimate of drug-likeness (QED) is 0.618. The number of benzene rings is 1. The van der Waals surface area contributed by atoms with E-state index in [9.17, 15) is 9.59 Å². The van der Waals surface area contributed by atoms with Gasteiger partial charge in [0.15, 0.2) is 5.78 Å². The van der Waals surface area contributed by atoms with Gasteiger partial charge in [-0.1, -0.05) is 18.2 Å². The summed E-state index contributed by atoms with van der Waals surface area (Å²) in [7, 11) is 0. The summed E-state index contributed by atoms with van der Waals surface area (Å²) in [5.41, 5.74) is 1.15. The second kappa shape index (κ2) is 5.51. The van der Waals surface area contributed by atoms with E-state index in [4.69, 9.17) is 16.7 Å². The molecular weight excluding hydrogens is 216 g/mol. The van der Waals surface area contributed by atoms with E-state index in [1.54, 1.807) is 24.3 Å². The Morgan fingerprint density at radius 3 is 2.67 bits per heavy atom. The fourth-order valence-corrected chi connectivity index (χ4v) is 1.43. The highest BCUT2D eigenvalue weighted by molar-refractivity contribution is 6.19. The van der Waals surface area contributed by atoms with Crippen molar-refractivity contribution in [2.75, 3.05) is 5.88 Å². The van der Waals surface area contributed by atoms with E-state index in [0.717, 1.165) is 0 Å². The third-order valence-corrected chi connectivity index (χ3v) is 2.11. The maximum absolute atomic E-state index is 11.5. The highest BCUT2D eigenvalue weighted by Gasteiger charge is 2.07. The molecule has 0 aliphatic heterocycles. The molecule has 0 bridgehead atoms. The van der Waals surface area contributed by atoms with E-state index in [0.29, 0.717) is 11.1 Å². The van der Waals surface area contributed by atoms with Gasteiger partial charge in [0.2, 0.25) is 0 Å². The summed E-state index contributed by atoms with van der Waals surface area (Å²) in [6, 6.07) is 6.63. The molecule has 0 saturated heterocycles. The molecule has 0 aliphatic carbocycles. The van der Waals surface area contributed by atoms with E-state index in [2.05, 4.69) is 0 Å². The molecule has 0 aliphatic rings. The summed E-state index contributed by atoms with van der Waals surface area (Å²) in [4.78, 5) is 21.9. The minimum Gasteiger partial charge on any atom is -0.481 e. The molecule has 0 unspecified atom stereocenters. The zero-order valence-electron chi connectivity index (χ0n) is 8.07. The van der Waals surface area contributed by atoms with Crippen LogP contribution >= 0.6 is 11.6 Å². The van der Waals surface area contributed by atoms with Crippen molar-refractivity contribution in [1.82, 2.24) is 0 Å². The molecule has 80 valence electrons. The first kappa shape index (κ1) is 11.7. The van der Waals surface area contributed by atoms with Gasteiger partial charge in [-0.15, -0.1) is 11.6 Å². The average Bonchev–Trinajstić information content (AvgIpc) is 2.17. The molecule has 0 saturated carbocycles. The molecule has 0 spiro atoms. The number of rotatable bonds is 5. The van der Waals surface area contributed by atoms with Gasteiger partial charge in [0.05, 0.1) is 6.42 Å². The lowest BCUT2D eigenvalue weighted by atomic mass is 10.0. The van der Waals surface area contributed by atoms with Crippen molar-refractivity contribution in [2.24, 2.45) is 0 Å². The first-order chi connectivity index (χ1) is 7.13. The molecule has 1 aromatic rings. The van der Waals surface area contributed by atoms with Crippen molar-refractivity contribution >= 4 is 23.4 Å². The molecule has 0 atom stereocenters. The summed E-state index contributed by atoms with van der Waals surface area (Å²) in [6.07, 6.45) is 0.208. The van der Waals surface area contributed by atoms with E-state index < -0.39 is 5.97 Å². The Morgan fingerprint density at radius 2 is 2.07 bits per heavy atom. The summed E-state index contributed by atoms with van der Waals surface area (Å²) >= 11 is 5.46. The molecule has 4 heteroatoms. The number of halogens is 1. The molecule has 0 fully saturated rings. The van der Waals surface area contributed by atoms with Gasteiger partial charge in [-0.25, -0.2) is 0 Å². The topological polar surface area (TPSA) is 54.4 Å². The minimum absolute atomic E-state index is 0.0581. The van der Waals surface area contributed by atoms with Crippen LogP contribution in [0.1, 0.15) is 22.3 Å². The third kappa shape index (κ3) is 3.72. The lowest BCUT2D eigenvalue weighted by Gasteiger charge is -2.01. The summed E-state index contributed by atoms with van der Waals surface area (Å²) < 4.78 is 0. The Bertz CT molecular complexity index is 374. The zero-order chi connectivity index (χ0) is 11.3. The van der Waals surface area contributed by atoms with Crippen molar-refractivity contribution < 1.29 is 14.7 Å². The molecule has 3 nitrogen and oxygen atoms in total. The second-order valence-electron chi connectivity index (χ2n) is 3.13. The van der Waals surface area contributed by atoms with E-state index in [-0.39, 0.29) is 24.5 Å². The molecule has 1 N–H and O–H groups in total. The summed E-state index contributed by atoms with van der Waals surface area (Å²) in [6.45, 7) is 0. The smallest absolute Gasteiger partial charge is 0.307 e. The van der Waals surface area contributed by atoms with Crippen LogP contribution in [0, 0.1) is 0 Å². The van der Waals surface area contributed by atoms with Gasteiger partial charge in [0, 0.05) is 17.9 Å². The summed E-state index contributed by atoms with van der Waals surface area (Å²) in [5.74, 6) is -0.684. The predicted octanol–water partition coefficient (Wildman–Crippen LogP) is 2.13. The lowest BCUT2D eigenvalue weighted by molar-refractivity contribution is -0.136. The van der Waals surface area contributed by atoms with Gasteiger partial charge in [0.1, 0.15) is 0 Å². The number of hydrogen-bond donors (Lipinski definition) is 1. The first-order valence-electron chi connectivity index (χ1n) is 4.53. The maximum Gasteiger partial charge on any atom is 0.307 e. The molecule has 0 heterocycles.